The summed E-state index contributed by atoms with van der Waals surface area (Å²) in [7, 11) is 0. The lowest BCUT2D eigenvalue weighted by molar-refractivity contribution is -0.120. The maximum atomic E-state index is 11.8. The molecule has 0 unspecified atom stereocenters. The van der Waals surface area contributed by atoms with Crippen LogP contribution >= 0.6 is 11.6 Å². The molecule has 0 saturated carbocycles. The van der Waals surface area contributed by atoms with Gasteiger partial charge in [-0.05, 0) is 25.0 Å². The predicted octanol–water partition coefficient (Wildman–Crippen LogP) is 1.74. The molecule has 0 aliphatic heterocycles. The average molecular weight is 313 g/mol. The van der Waals surface area contributed by atoms with Gasteiger partial charge >= 0.3 is 0 Å². The number of nitrogens with one attached hydrogen (secondary N) is 2. The minimum absolute atomic E-state index is 0.0688. The number of benzene rings is 1. The number of hydrogen-bond donors (Lipinski definition) is 3. The Morgan fingerprint density at radius 1 is 1.05 bits per heavy atom. The molecule has 0 fully saturated rings. The quantitative estimate of drug-likeness (QED) is 0.608. The maximum Gasteiger partial charge on any atom is 0.253 e. The van der Waals surface area contributed by atoms with E-state index in [0.29, 0.717) is 17.1 Å². The van der Waals surface area contributed by atoms with Crippen LogP contribution in [0.25, 0.3) is 0 Å². The molecular formula is C15H21ClN2O3. The van der Waals surface area contributed by atoms with E-state index in [0.717, 1.165) is 25.7 Å². The van der Waals surface area contributed by atoms with Crippen LogP contribution in [0.5, 0.6) is 0 Å². The molecular weight excluding hydrogens is 292 g/mol. The second-order valence-electron chi connectivity index (χ2n) is 4.65. The van der Waals surface area contributed by atoms with E-state index in [-0.39, 0.29) is 25.0 Å². The highest BCUT2D eigenvalue weighted by molar-refractivity contribution is 6.33. The number of carbonyl (C=O) groups is 2. The van der Waals surface area contributed by atoms with Gasteiger partial charge < -0.3 is 15.7 Å². The zero-order valence-corrected chi connectivity index (χ0v) is 12.7. The summed E-state index contributed by atoms with van der Waals surface area (Å²) in [6.07, 6.45) is 3.58. The van der Waals surface area contributed by atoms with Gasteiger partial charge in [0.15, 0.2) is 0 Å². The van der Waals surface area contributed by atoms with Crippen LogP contribution in [0.3, 0.4) is 0 Å². The van der Waals surface area contributed by atoms with Crippen LogP contribution in [0.2, 0.25) is 5.02 Å². The standard InChI is InChI=1S/C15H21ClN2O3/c16-13-8-4-3-7-12(13)15(21)18-11-14(20)17-9-5-1-2-6-10-19/h3-4,7-8,19H,1-2,5-6,9-11H2,(H,17,20)(H,18,21). The molecule has 0 saturated heterocycles. The van der Waals surface area contributed by atoms with Crippen molar-refractivity contribution in [3.63, 3.8) is 0 Å². The summed E-state index contributed by atoms with van der Waals surface area (Å²) in [5.74, 6) is -0.587. The molecule has 1 aromatic rings. The second kappa shape index (κ2) is 10.2. The molecule has 0 atom stereocenters. The summed E-state index contributed by atoms with van der Waals surface area (Å²) in [4.78, 5) is 23.4. The minimum Gasteiger partial charge on any atom is -0.396 e. The van der Waals surface area contributed by atoms with Gasteiger partial charge in [-0.25, -0.2) is 0 Å². The van der Waals surface area contributed by atoms with Crippen molar-refractivity contribution in [2.45, 2.75) is 25.7 Å². The monoisotopic (exact) mass is 312 g/mol. The van der Waals surface area contributed by atoms with Crippen LogP contribution in [0, 0.1) is 0 Å². The number of amides is 2. The number of halogens is 1. The van der Waals surface area contributed by atoms with E-state index in [1.54, 1.807) is 24.3 Å². The zero-order valence-electron chi connectivity index (χ0n) is 11.9. The molecule has 5 nitrogen and oxygen atoms in total. The average Bonchev–Trinajstić information content (AvgIpc) is 2.49. The molecule has 3 N–H and O–H groups in total. The van der Waals surface area contributed by atoms with E-state index >= 15 is 0 Å². The van der Waals surface area contributed by atoms with Crippen molar-refractivity contribution >= 4 is 23.4 Å². The van der Waals surface area contributed by atoms with Crippen molar-refractivity contribution in [3.05, 3.63) is 34.9 Å². The topological polar surface area (TPSA) is 78.4 Å². The van der Waals surface area contributed by atoms with Gasteiger partial charge in [0.2, 0.25) is 5.91 Å². The summed E-state index contributed by atoms with van der Waals surface area (Å²) in [6, 6.07) is 6.69. The van der Waals surface area contributed by atoms with Gasteiger partial charge in [0, 0.05) is 13.2 Å². The lowest BCUT2D eigenvalue weighted by Gasteiger charge is -2.07. The Morgan fingerprint density at radius 3 is 2.48 bits per heavy atom. The SMILES string of the molecule is O=C(CNC(=O)c1ccccc1Cl)NCCCCCCO. The van der Waals surface area contributed by atoms with Crippen molar-refractivity contribution in [2.75, 3.05) is 19.7 Å². The first kappa shape index (κ1) is 17.5. The van der Waals surface area contributed by atoms with Crippen molar-refractivity contribution in [3.8, 4) is 0 Å². The van der Waals surface area contributed by atoms with Crippen LogP contribution in [0.15, 0.2) is 24.3 Å². The normalized spacial score (nSPS) is 10.2. The molecule has 0 aromatic heterocycles. The molecule has 0 bridgehead atoms. The number of rotatable bonds is 9. The van der Waals surface area contributed by atoms with Gasteiger partial charge in [0.25, 0.3) is 5.91 Å². The van der Waals surface area contributed by atoms with E-state index < -0.39 is 0 Å². The fourth-order valence-electron chi connectivity index (χ4n) is 1.78. The number of unbranched alkanes of at least 4 members (excludes halogenated alkanes) is 3. The van der Waals surface area contributed by atoms with Crippen LogP contribution in [-0.4, -0.2) is 36.6 Å². The second-order valence-corrected chi connectivity index (χ2v) is 5.06. The zero-order chi connectivity index (χ0) is 15.5. The molecule has 0 aliphatic rings. The van der Waals surface area contributed by atoms with Crippen molar-refractivity contribution in [1.29, 1.82) is 0 Å². The first-order valence-corrected chi connectivity index (χ1v) is 7.43. The van der Waals surface area contributed by atoms with Gasteiger partial charge in [-0.3, -0.25) is 9.59 Å². The molecule has 0 radical (unpaired) electrons. The van der Waals surface area contributed by atoms with Crippen molar-refractivity contribution in [2.24, 2.45) is 0 Å². The summed E-state index contributed by atoms with van der Waals surface area (Å²) < 4.78 is 0. The summed E-state index contributed by atoms with van der Waals surface area (Å²) in [5, 5.41) is 14.3. The number of hydrogen-bond acceptors (Lipinski definition) is 3. The molecule has 21 heavy (non-hydrogen) atoms. The maximum absolute atomic E-state index is 11.8. The summed E-state index contributed by atoms with van der Waals surface area (Å²) in [6.45, 7) is 0.716. The predicted molar refractivity (Wildman–Crippen MR) is 82.3 cm³/mol. The fraction of sp³-hybridized carbons (Fsp3) is 0.467. The van der Waals surface area contributed by atoms with Gasteiger partial charge in [-0.2, -0.15) is 0 Å². The summed E-state index contributed by atoms with van der Waals surface area (Å²) >= 11 is 5.90. The van der Waals surface area contributed by atoms with E-state index in [4.69, 9.17) is 16.7 Å². The largest absolute Gasteiger partial charge is 0.396 e. The highest BCUT2D eigenvalue weighted by atomic mass is 35.5. The lowest BCUT2D eigenvalue weighted by Crippen LogP contribution is -2.37. The lowest BCUT2D eigenvalue weighted by atomic mass is 10.2. The Bertz CT molecular complexity index is 466. The molecule has 1 aromatic carbocycles. The highest BCUT2D eigenvalue weighted by Gasteiger charge is 2.10. The highest BCUT2D eigenvalue weighted by Crippen LogP contribution is 2.14. The van der Waals surface area contributed by atoms with Crippen molar-refractivity contribution in [1.82, 2.24) is 10.6 Å². The molecule has 116 valence electrons. The Balaban J connectivity index is 2.18. The van der Waals surface area contributed by atoms with E-state index in [1.807, 2.05) is 0 Å². The van der Waals surface area contributed by atoms with Gasteiger partial charge in [-0.1, -0.05) is 36.6 Å². The van der Waals surface area contributed by atoms with E-state index in [9.17, 15) is 9.59 Å². The molecule has 0 spiro atoms. The van der Waals surface area contributed by atoms with Crippen LogP contribution in [-0.2, 0) is 4.79 Å². The van der Waals surface area contributed by atoms with Gasteiger partial charge in [0.05, 0.1) is 17.1 Å². The van der Waals surface area contributed by atoms with Crippen LogP contribution in [0.4, 0.5) is 0 Å². The van der Waals surface area contributed by atoms with Gasteiger partial charge in [-0.15, -0.1) is 0 Å². The van der Waals surface area contributed by atoms with Gasteiger partial charge in [0.1, 0.15) is 0 Å². The molecule has 0 heterocycles. The number of carbonyl (C=O) groups excluding carboxylic acids is 2. The molecule has 2 amide bonds. The third-order valence-corrected chi connectivity index (χ3v) is 3.26. The van der Waals surface area contributed by atoms with Crippen molar-refractivity contribution < 1.29 is 14.7 Å². The third-order valence-electron chi connectivity index (χ3n) is 2.94. The Morgan fingerprint density at radius 2 is 1.76 bits per heavy atom. The molecule has 1 rings (SSSR count). The Labute approximate surface area is 129 Å². The van der Waals surface area contributed by atoms with Crippen LogP contribution < -0.4 is 10.6 Å². The fourth-order valence-corrected chi connectivity index (χ4v) is 2.00. The smallest absolute Gasteiger partial charge is 0.253 e. The number of aliphatic hydroxyl groups is 1. The first-order valence-electron chi connectivity index (χ1n) is 7.05. The first-order chi connectivity index (χ1) is 10.1. The minimum atomic E-state index is -0.362. The molecule has 6 heteroatoms. The summed E-state index contributed by atoms with van der Waals surface area (Å²) in [5.41, 5.74) is 0.357. The van der Waals surface area contributed by atoms with Crippen LogP contribution in [0.1, 0.15) is 36.0 Å². The van der Waals surface area contributed by atoms with E-state index in [1.165, 1.54) is 0 Å². The third kappa shape index (κ3) is 7.11. The Kier molecular flexibility index (Phi) is 8.47. The van der Waals surface area contributed by atoms with E-state index in [2.05, 4.69) is 10.6 Å². The number of aliphatic hydroxyl groups excluding tert-OH is 1. The Hall–Kier alpha value is -1.59. The molecule has 0 aliphatic carbocycles.